The first-order valence-electron chi connectivity index (χ1n) is 24.1. The number of Topliss-reactive ketones (excluding diaryl/α,β-unsaturated/α-hetero) is 1. The van der Waals surface area contributed by atoms with Crippen LogP contribution in [-0.4, -0.2) is 113 Å². The van der Waals surface area contributed by atoms with Gasteiger partial charge in [0.2, 0.25) is 11.8 Å². The topological polar surface area (TPSA) is 200 Å². The molecule has 2 aromatic heterocycles. The molecule has 2 saturated heterocycles. The normalized spacial score (nSPS) is 20.8. The van der Waals surface area contributed by atoms with Crippen LogP contribution in [-0.2, 0) is 25.5 Å². The summed E-state index contributed by atoms with van der Waals surface area (Å²) in [6.07, 6.45) is 9.91. The third kappa shape index (κ3) is 9.59. The van der Waals surface area contributed by atoms with Crippen LogP contribution < -0.4 is 16.0 Å². The van der Waals surface area contributed by atoms with E-state index in [2.05, 4.69) is 50.2 Å². The van der Waals surface area contributed by atoms with Crippen LogP contribution in [0.5, 0.6) is 0 Å². The molecule has 4 aliphatic rings. The van der Waals surface area contributed by atoms with E-state index in [1.165, 1.54) is 31.8 Å². The number of methoxy groups -OCH3 is 2. The van der Waals surface area contributed by atoms with Gasteiger partial charge in [0.15, 0.2) is 5.78 Å². The maximum atomic E-state index is 13.9. The third-order valence-electron chi connectivity index (χ3n) is 14.4. The fourth-order valence-corrected chi connectivity index (χ4v) is 10.9. The molecule has 2 aromatic carbocycles. The van der Waals surface area contributed by atoms with Crippen molar-refractivity contribution in [3.05, 3.63) is 77.4 Å². The van der Waals surface area contributed by atoms with E-state index in [4.69, 9.17) is 19.4 Å². The zero-order chi connectivity index (χ0) is 48.4. The summed E-state index contributed by atoms with van der Waals surface area (Å²) in [6, 6.07) is 12.3. The van der Waals surface area contributed by atoms with Gasteiger partial charge in [-0.05, 0) is 116 Å². The zero-order valence-corrected chi connectivity index (χ0v) is 40.5. The molecule has 4 amide bonds. The van der Waals surface area contributed by atoms with Crippen molar-refractivity contribution in [1.29, 1.82) is 0 Å². The van der Waals surface area contributed by atoms with E-state index >= 15 is 0 Å². The summed E-state index contributed by atoms with van der Waals surface area (Å²) in [7, 11) is 4.25. The molecule has 2 bridgehead atoms. The average molecular weight is 928 g/mol. The number of hydrogen-bond donors (Lipinski definition) is 4. The first-order valence-corrected chi connectivity index (χ1v) is 24.1. The molecule has 4 N–H and O–H groups in total. The van der Waals surface area contributed by atoms with Crippen LogP contribution in [0.15, 0.2) is 59.9 Å². The maximum absolute atomic E-state index is 13.9. The predicted molar refractivity (Wildman–Crippen MR) is 260 cm³/mol. The average Bonchev–Trinajstić information content (AvgIpc) is 4.19. The number of amides is 4. The molecule has 3 fully saturated rings. The summed E-state index contributed by atoms with van der Waals surface area (Å²) in [5.74, 6) is 1.54. The quantitative estimate of drug-likeness (QED) is 0.0574. The molecule has 16 nitrogen and oxygen atoms in total. The van der Waals surface area contributed by atoms with E-state index in [0.717, 1.165) is 72.2 Å². The number of imidazole rings is 1. The number of pyridine rings is 1. The predicted octanol–water partition coefficient (Wildman–Crippen LogP) is 8.30. The van der Waals surface area contributed by atoms with Gasteiger partial charge in [0.25, 0.3) is 0 Å². The number of benzene rings is 2. The number of likely N-dealkylation sites (tertiary alicyclic amines) is 2. The highest BCUT2D eigenvalue weighted by Gasteiger charge is 2.40. The zero-order valence-electron chi connectivity index (χ0n) is 40.5. The van der Waals surface area contributed by atoms with Crippen molar-refractivity contribution in [3.63, 3.8) is 0 Å². The Morgan fingerprint density at radius 1 is 0.779 bits per heavy atom. The number of aliphatic imine (C=N–C) groups is 1. The van der Waals surface area contributed by atoms with Crippen molar-refractivity contribution in [1.82, 2.24) is 35.4 Å². The summed E-state index contributed by atoms with van der Waals surface area (Å²) in [4.78, 5) is 86.8. The van der Waals surface area contributed by atoms with Gasteiger partial charge in [-0.25, -0.2) is 14.6 Å². The number of ether oxygens (including phenoxy) is 2. The SMILES string of the molecule is CN=C(Nc1ccc(-c2cnc(-c3ccc(-c4cnc(C5CCCN5C(=O)C(NC(=O)OC)C(C)C)[nH]4)cc3)c3c2C2CCC(C3)C2)cc1C(C)=O)C1CCCN1C(=O)C(NC(=O)OC)C(C)C. The molecule has 6 atom stereocenters. The van der Waals surface area contributed by atoms with E-state index in [1.807, 2.05) is 63.2 Å². The number of alkyl carbamates (subject to hydrolysis) is 2. The van der Waals surface area contributed by atoms with Gasteiger partial charge in [-0.3, -0.25) is 24.4 Å². The lowest BCUT2D eigenvalue weighted by atomic mass is 9.78. The van der Waals surface area contributed by atoms with Gasteiger partial charge in [0.1, 0.15) is 23.7 Å². The Kier molecular flexibility index (Phi) is 14.3. The standard InChI is InChI=1S/C52H65N9O7/c1-28(2)44(58-51(65)67-7)49(63)60-21-9-11-41(60)47(53-6)56-39-20-19-34(25-36(39)30(5)62)38-26-54-46(37-24-31-13-14-35(23-31)43(37)38)33-17-15-32(16-18-33)40-27-55-48(57-40)42-12-10-22-61(42)50(64)45(29(3)4)59-52(66)68-8/h15-20,25-29,31,35,41-42,44-45H,9-14,21-24H2,1-8H3,(H,53,56)(H,55,57)(H,58,65)(H,59,66). The van der Waals surface area contributed by atoms with Gasteiger partial charge in [-0.1, -0.05) is 58.0 Å². The lowest BCUT2D eigenvalue weighted by Gasteiger charge is -2.31. The number of amidine groups is 1. The second-order valence-corrected chi connectivity index (χ2v) is 19.4. The molecule has 360 valence electrons. The second kappa shape index (κ2) is 20.3. The molecule has 4 aromatic rings. The Labute approximate surface area is 398 Å². The Bertz CT molecular complexity index is 2590. The number of fused-ring (bicyclic) bond motifs is 4. The Balaban J connectivity index is 1.03. The van der Waals surface area contributed by atoms with Gasteiger partial charge in [0, 0.05) is 43.0 Å². The molecule has 68 heavy (non-hydrogen) atoms. The molecular weight excluding hydrogens is 863 g/mol. The lowest BCUT2D eigenvalue weighted by Crippen LogP contribution is -2.54. The number of nitrogens with zero attached hydrogens (tertiary/aromatic N) is 5. The van der Waals surface area contributed by atoms with Crippen LogP contribution in [0.1, 0.15) is 119 Å². The van der Waals surface area contributed by atoms with Crippen LogP contribution in [0.3, 0.4) is 0 Å². The number of nitrogens with one attached hydrogen (secondary N) is 4. The largest absolute Gasteiger partial charge is 0.453 e. The van der Waals surface area contributed by atoms with Gasteiger partial charge < -0.3 is 40.2 Å². The molecule has 0 spiro atoms. The number of rotatable bonds is 13. The second-order valence-electron chi connectivity index (χ2n) is 19.4. The number of H-pyrrole nitrogens is 1. The van der Waals surface area contributed by atoms with E-state index in [9.17, 15) is 24.0 Å². The van der Waals surface area contributed by atoms with Gasteiger partial charge >= 0.3 is 12.2 Å². The minimum absolute atomic E-state index is 0.100. The molecule has 1 saturated carbocycles. The molecule has 4 heterocycles. The number of carbonyl (C=O) groups is 5. The summed E-state index contributed by atoms with van der Waals surface area (Å²) in [5, 5.41) is 8.86. The van der Waals surface area contributed by atoms with Gasteiger partial charge in [-0.15, -0.1) is 0 Å². The van der Waals surface area contributed by atoms with Crippen LogP contribution in [0, 0.1) is 17.8 Å². The highest BCUT2D eigenvalue weighted by atomic mass is 16.5. The minimum Gasteiger partial charge on any atom is -0.453 e. The van der Waals surface area contributed by atoms with Crippen LogP contribution >= 0.6 is 0 Å². The van der Waals surface area contributed by atoms with Crippen molar-refractivity contribution in [2.75, 3.05) is 39.7 Å². The molecule has 6 unspecified atom stereocenters. The molecule has 8 rings (SSSR count). The van der Waals surface area contributed by atoms with Crippen molar-refractivity contribution >= 4 is 41.3 Å². The molecule has 2 aliphatic carbocycles. The highest BCUT2D eigenvalue weighted by Crippen LogP contribution is 2.51. The van der Waals surface area contributed by atoms with Crippen molar-refractivity contribution in [2.24, 2.45) is 22.7 Å². The summed E-state index contributed by atoms with van der Waals surface area (Å²) >= 11 is 0. The number of carbonyl (C=O) groups excluding carboxylic acids is 5. The number of hydrogen-bond acceptors (Lipinski definition) is 10. The Morgan fingerprint density at radius 3 is 2.06 bits per heavy atom. The Hall–Kier alpha value is -6.58. The van der Waals surface area contributed by atoms with E-state index in [0.29, 0.717) is 54.3 Å². The lowest BCUT2D eigenvalue weighted by molar-refractivity contribution is -0.135. The summed E-state index contributed by atoms with van der Waals surface area (Å²) < 4.78 is 9.60. The van der Waals surface area contributed by atoms with Gasteiger partial charge in [-0.2, -0.15) is 0 Å². The fourth-order valence-electron chi connectivity index (χ4n) is 10.9. The maximum Gasteiger partial charge on any atom is 0.407 e. The third-order valence-corrected chi connectivity index (χ3v) is 14.4. The summed E-state index contributed by atoms with van der Waals surface area (Å²) in [5.41, 5.74) is 9.49. The van der Waals surface area contributed by atoms with Crippen molar-refractivity contribution in [2.45, 2.75) is 116 Å². The smallest absolute Gasteiger partial charge is 0.407 e. The number of ketones is 1. The van der Waals surface area contributed by atoms with Crippen molar-refractivity contribution in [3.8, 4) is 33.6 Å². The first-order chi connectivity index (χ1) is 32.7. The van der Waals surface area contributed by atoms with Crippen LogP contribution in [0.25, 0.3) is 33.6 Å². The highest BCUT2D eigenvalue weighted by molar-refractivity contribution is 6.08. The van der Waals surface area contributed by atoms with E-state index in [1.54, 1.807) is 18.9 Å². The minimum atomic E-state index is -0.761. The van der Waals surface area contributed by atoms with E-state index in [-0.39, 0.29) is 41.5 Å². The van der Waals surface area contributed by atoms with E-state index < -0.39 is 24.3 Å². The first kappa shape index (κ1) is 47.9. The molecule has 16 heteroatoms. The number of anilines is 1. The number of aromatic amines is 1. The molecule has 0 radical (unpaired) electrons. The molecular formula is C52H65N9O7. The van der Waals surface area contributed by atoms with Crippen molar-refractivity contribution < 1.29 is 33.4 Å². The monoisotopic (exact) mass is 928 g/mol. The number of aromatic nitrogens is 3. The van der Waals surface area contributed by atoms with Crippen LogP contribution in [0.4, 0.5) is 15.3 Å². The van der Waals surface area contributed by atoms with Crippen LogP contribution in [0.2, 0.25) is 0 Å². The molecule has 2 aliphatic heterocycles. The summed E-state index contributed by atoms with van der Waals surface area (Å²) in [6.45, 7) is 10.2. The van der Waals surface area contributed by atoms with Gasteiger partial charge in [0.05, 0.1) is 49.6 Å². The fraction of sp³-hybridized carbons (Fsp3) is 0.500. The Morgan fingerprint density at radius 2 is 1.41 bits per heavy atom.